The molecule has 3 rings (SSSR count). The predicted molar refractivity (Wildman–Crippen MR) is 108 cm³/mol. The lowest BCUT2D eigenvalue weighted by Crippen LogP contribution is -2.08. The van der Waals surface area contributed by atoms with Crippen molar-refractivity contribution >= 4 is 22.8 Å². The van der Waals surface area contributed by atoms with Crippen LogP contribution in [-0.4, -0.2) is 17.4 Å². The van der Waals surface area contributed by atoms with E-state index in [2.05, 4.69) is 15.5 Å². The summed E-state index contributed by atoms with van der Waals surface area (Å²) in [5.41, 5.74) is 0.912. The van der Waals surface area contributed by atoms with Gasteiger partial charge in [0.25, 0.3) is 0 Å². The maximum atomic E-state index is 12.6. The number of para-hydroxylation sites is 2. The Labute approximate surface area is 170 Å². The van der Waals surface area contributed by atoms with Gasteiger partial charge in [-0.05, 0) is 48.5 Å². The van der Waals surface area contributed by atoms with Gasteiger partial charge in [0.1, 0.15) is 5.75 Å². The number of azo groups is 1. The summed E-state index contributed by atoms with van der Waals surface area (Å²) in [4.78, 5) is 12.4. The number of hydrogen-bond acceptors (Lipinski definition) is 5. The van der Waals surface area contributed by atoms with Crippen LogP contribution < -0.4 is 5.32 Å². The average Bonchev–Trinajstić information content (AvgIpc) is 2.73. The highest BCUT2D eigenvalue weighted by atomic mass is 19.4. The number of phenolic OH excluding ortho intramolecular Hbond substituents is 1. The second-order valence-electron chi connectivity index (χ2n) is 6.41. The molecule has 154 valence electrons. The van der Waals surface area contributed by atoms with E-state index in [0.29, 0.717) is 23.5 Å². The monoisotopic (exact) mass is 413 g/mol. The first-order valence-corrected chi connectivity index (χ1v) is 9.07. The zero-order valence-corrected chi connectivity index (χ0v) is 15.7. The fourth-order valence-corrected chi connectivity index (χ4v) is 2.65. The number of nitrogens with zero attached hydrogens (tertiary/aromatic N) is 2. The van der Waals surface area contributed by atoms with E-state index in [0.717, 1.165) is 12.1 Å². The van der Waals surface area contributed by atoms with Gasteiger partial charge in [-0.15, -0.1) is 0 Å². The van der Waals surface area contributed by atoms with Crippen LogP contribution in [0.25, 0.3) is 0 Å². The fourth-order valence-electron chi connectivity index (χ4n) is 2.65. The van der Waals surface area contributed by atoms with Crippen molar-refractivity contribution in [3.8, 4) is 5.75 Å². The highest BCUT2D eigenvalue weighted by Crippen LogP contribution is 2.30. The van der Waals surface area contributed by atoms with Gasteiger partial charge in [0.05, 0.1) is 22.6 Å². The number of benzene rings is 3. The number of anilines is 1. The van der Waals surface area contributed by atoms with Crippen LogP contribution in [0.2, 0.25) is 0 Å². The smallest absolute Gasteiger partial charge is 0.416 e. The Morgan fingerprint density at radius 1 is 0.900 bits per heavy atom. The summed E-state index contributed by atoms with van der Waals surface area (Å²) < 4.78 is 37.8. The van der Waals surface area contributed by atoms with Gasteiger partial charge in [0, 0.05) is 18.5 Å². The largest absolute Gasteiger partial charge is 0.506 e. The van der Waals surface area contributed by atoms with Crippen molar-refractivity contribution in [1.82, 2.24) is 0 Å². The summed E-state index contributed by atoms with van der Waals surface area (Å²) in [5.74, 6) is -0.0138. The van der Waals surface area contributed by atoms with Gasteiger partial charge in [-0.1, -0.05) is 24.3 Å². The Morgan fingerprint density at radius 3 is 2.30 bits per heavy atom. The summed E-state index contributed by atoms with van der Waals surface area (Å²) in [6, 6.07) is 17.6. The molecule has 30 heavy (non-hydrogen) atoms. The summed E-state index contributed by atoms with van der Waals surface area (Å²) in [5, 5.41) is 20.6. The average molecular weight is 413 g/mol. The summed E-state index contributed by atoms with van der Waals surface area (Å²) in [7, 11) is 0. The molecular weight excluding hydrogens is 395 g/mol. The molecule has 0 aliphatic heterocycles. The van der Waals surface area contributed by atoms with Gasteiger partial charge >= 0.3 is 6.18 Å². The number of carbonyl (C=O) groups is 1. The normalized spacial score (nSPS) is 11.6. The van der Waals surface area contributed by atoms with Gasteiger partial charge in [0.2, 0.25) is 0 Å². The number of ketones is 1. The third-order valence-corrected chi connectivity index (χ3v) is 4.22. The first-order valence-electron chi connectivity index (χ1n) is 9.07. The van der Waals surface area contributed by atoms with E-state index in [1.807, 2.05) is 0 Å². The number of rotatable bonds is 7. The van der Waals surface area contributed by atoms with Crippen LogP contribution in [0.15, 0.2) is 83.0 Å². The van der Waals surface area contributed by atoms with Gasteiger partial charge in [-0.25, -0.2) is 0 Å². The second kappa shape index (κ2) is 9.21. The zero-order chi connectivity index (χ0) is 21.6. The van der Waals surface area contributed by atoms with E-state index < -0.39 is 11.7 Å². The quantitative estimate of drug-likeness (QED) is 0.263. The lowest BCUT2D eigenvalue weighted by molar-refractivity contribution is -0.137. The Hall–Kier alpha value is -3.68. The van der Waals surface area contributed by atoms with Crippen molar-refractivity contribution in [1.29, 1.82) is 0 Å². The first kappa shape index (κ1) is 21.0. The molecule has 3 aromatic carbocycles. The molecule has 0 heterocycles. The van der Waals surface area contributed by atoms with Crippen molar-refractivity contribution in [2.75, 3.05) is 11.9 Å². The van der Waals surface area contributed by atoms with Crippen LogP contribution in [0.1, 0.15) is 22.3 Å². The minimum Gasteiger partial charge on any atom is -0.506 e. The van der Waals surface area contributed by atoms with E-state index in [9.17, 15) is 23.1 Å². The minimum absolute atomic E-state index is 0.107. The standard InChI is InChI=1S/C22H18F3N3O2/c23-22(24,25)16-8-10-17(11-9-16)27-28-18-5-3-4-15(14-18)20(29)12-13-26-19-6-1-2-7-21(19)30/h1-11,14,26,30H,12-13H2. The van der Waals surface area contributed by atoms with E-state index in [1.165, 1.54) is 12.1 Å². The number of nitrogens with one attached hydrogen (secondary N) is 1. The van der Waals surface area contributed by atoms with Crippen LogP contribution in [0.3, 0.4) is 0 Å². The van der Waals surface area contributed by atoms with Crippen molar-refractivity contribution in [2.45, 2.75) is 12.6 Å². The topological polar surface area (TPSA) is 74.0 Å². The zero-order valence-electron chi connectivity index (χ0n) is 15.7. The molecule has 0 spiro atoms. The molecule has 0 radical (unpaired) electrons. The molecule has 0 aromatic heterocycles. The molecule has 0 fully saturated rings. The molecule has 0 aliphatic carbocycles. The molecule has 0 unspecified atom stereocenters. The number of alkyl halides is 3. The van der Waals surface area contributed by atoms with Crippen LogP contribution in [0.4, 0.5) is 30.2 Å². The molecule has 0 saturated heterocycles. The summed E-state index contributed by atoms with van der Waals surface area (Å²) in [6.07, 6.45) is -4.20. The fraction of sp³-hybridized carbons (Fsp3) is 0.136. The third kappa shape index (κ3) is 5.66. The molecule has 8 heteroatoms. The number of aromatic hydroxyl groups is 1. The molecule has 2 N–H and O–H groups in total. The molecule has 0 saturated carbocycles. The van der Waals surface area contributed by atoms with Gasteiger partial charge in [0.15, 0.2) is 5.78 Å². The maximum Gasteiger partial charge on any atom is 0.416 e. The number of halogens is 3. The lowest BCUT2D eigenvalue weighted by atomic mass is 10.1. The van der Waals surface area contributed by atoms with E-state index in [1.54, 1.807) is 48.5 Å². The molecule has 5 nitrogen and oxygen atoms in total. The van der Waals surface area contributed by atoms with Crippen LogP contribution in [0.5, 0.6) is 5.75 Å². The Bertz CT molecular complexity index is 1050. The minimum atomic E-state index is -4.40. The van der Waals surface area contributed by atoms with Crippen LogP contribution >= 0.6 is 0 Å². The lowest BCUT2D eigenvalue weighted by Gasteiger charge is -2.07. The number of Topliss-reactive ketones (excluding diaryl/α,β-unsaturated/α-hetero) is 1. The number of hydrogen-bond donors (Lipinski definition) is 2. The van der Waals surface area contributed by atoms with E-state index in [-0.39, 0.29) is 23.6 Å². The highest BCUT2D eigenvalue weighted by Gasteiger charge is 2.29. The van der Waals surface area contributed by atoms with Gasteiger partial charge < -0.3 is 10.4 Å². The molecule has 3 aromatic rings. The van der Waals surface area contributed by atoms with Gasteiger partial charge in [-0.2, -0.15) is 23.4 Å². The Balaban J connectivity index is 1.60. The number of phenols is 1. The third-order valence-electron chi connectivity index (χ3n) is 4.22. The van der Waals surface area contributed by atoms with Crippen molar-refractivity contribution in [2.24, 2.45) is 10.2 Å². The SMILES string of the molecule is O=C(CCNc1ccccc1O)c1cccc(N=Nc2ccc(C(F)(F)F)cc2)c1. The maximum absolute atomic E-state index is 12.6. The van der Waals surface area contributed by atoms with Crippen LogP contribution in [-0.2, 0) is 6.18 Å². The summed E-state index contributed by atoms with van der Waals surface area (Å²) in [6.45, 7) is 0.341. The van der Waals surface area contributed by atoms with E-state index >= 15 is 0 Å². The first-order chi connectivity index (χ1) is 14.3. The molecule has 0 aliphatic rings. The van der Waals surface area contributed by atoms with E-state index in [4.69, 9.17) is 0 Å². The molecule has 0 amide bonds. The molecule has 0 bridgehead atoms. The predicted octanol–water partition coefficient (Wildman–Crippen LogP) is 6.51. The van der Waals surface area contributed by atoms with Crippen molar-refractivity contribution < 1.29 is 23.1 Å². The van der Waals surface area contributed by atoms with Crippen LogP contribution in [0, 0.1) is 0 Å². The Kier molecular flexibility index (Phi) is 6.46. The van der Waals surface area contributed by atoms with Gasteiger partial charge in [-0.3, -0.25) is 4.79 Å². The highest BCUT2D eigenvalue weighted by molar-refractivity contribution is 5.97. The molecule has 0 atom stereocenters. The summed E-state index contributed by atoms with van der Waals surface area (Å²) >= 11 is 0. The molecular formula is C22H18F3N3O2. The Morgan fingerprint density at radius 2 is 1.60 bits per heavy atom. The number of carbonyl (C=O) groups excluding carboxylic acids is 1. The second-order valence-corrected chi connectivity index (χ2v) is 6.41. The van der Waals surface area contributed by atoms with Crippen molar-refractivity contribution in [3.05, 3.63) is 83.9 Å². The van der Waals surface area contributed by atoms with Crippen molar-refractivity contribution in [3.63, 3.8) is 0 Å².